The van der Waals surface area contributed by atoms with Gasteiger partial charge in [0.25, 0.3) is 0 Å². The molecule has 2 amide bonds. The minimum absolute atomic E-state index is 0.0815. The lowest BCUT2D eigenvalue weighted by atomic mass is 10.1. The summed E-state index contributed by atoms with van der Waals surface area (Å²) in [4.78, 5) is 14.6. The van der Waals surface area contributed by atoms with Crippen LogP contribution in [0.4, 0.5) is 14.9 Å². The fourth-order valence-electron chi connectivity index (χ4n) is 3.67. The normalized spacial score (nSPS) is 11.3. The fourth-order valence-corrected chi connectivity index (χ4v) is 4.60. The molecule has 1 N–H and O–H groups in total. The molecule has 4 aromatic carbocycles. The van der Waals surface area contributed by atoms with Crippen LogP contribution < -0.4 is 9.50 Å². The van der Waals surface area contributed by atoms with Gasteiger partial charge in [-0.1, -0.05) is 48.5 Å². The van der Waals surface area contributed by atoms with Crippen molar-refractivity contribution in [2.24, 2.45) is 0 Å². The van der Waals surface area contributed by atoms with Gasteiger partial charge in [-0.3, -0.25) is 0 Å². The first-order valence-electron chi connectivity index (χ1n) is 11.2. The van der Waals surface area contributed by atoms with Crippen LogP contribution in [0.3, 0.4) is 0 Å². The van der Waals surface area contributed by atoms with Gasteiger partial charge >= 0.3 is 16.1 Å². The summed E-state index contributed by atoms with van der Waals surface area (Å²) in [5, 5.41) is 4.89. The van der Waals surface area contributed by atoms with Crippen LogP contribution in [0.25, 0.3) is 10.8 Å². The molecule has 0 unspecified atom stereocenters. The van der Waals surface area contributed by atoms with Gasteiger partial charge in [-0.05, 0) is 53.4 Å². The molecule has 0 aliphatic heterocycles. The Hall–Kier alpha value is -3.95. The number of benzene rings is 4. The molecule has 7 nitrogen and oxygen atoms in total. The van der Waals surface area contributed by atoms with E-state index in [1.165, 1.54) is 6.07 Å². The summed E-state index contributed by atoms with van der Waals surface area (Å²) in [5.41, 5.74) is 1.34. The van der Waals surface area contributed by atoms with Crippen molar-refractivity contribution in [2.75, 3.05) is 25.6 Å². The zero-order valence-corrected chi connectivity index (χ0v) is 20.4. The molecule has 0 saturated carbocycles. The Morgan fingerprint density at radius 1 is 0.944 bits per heavy atom. The number of hydrogen-bond donors (Lipinski definition) is 1. The molecule has 0 radical (unpaired) electrons. The molecule has 0 fully saturated rings. The maximum Gasteiger partial charge on any atom is 0.339 e. The lowest BCUT2D eigenvalue weighted by Crippen LogP contribution is -2.36. The summed E-state index contributed by atoms with van der Waals surface area (Å²) in [6.07, 6.45) is 0. The topological polar surface area (TPSA) is 84.9 Å². The van der Waals surface area contributed by atoms with Crippen LogP contribution in [-0.4, -0.2) is 39.6 Å². The van der Waals surface area contributed by atoms with Crippen LogP contribution in [0.5, 0.6) is 5.75 Å². The zero-order valence-electron chi connectivity index (χ0n) is 19.6. The Morgan fingerprint density at radius 3 is 2.44 bits per heavy atom. The summed E-state index contributed by atoms with van der Waals surface area (Å²) in [6.45, 7) is 0.817. The number of halogens is 1. The number of carbonyl (C=O) groups excluding carboxylic acids is 1. The molecular weight excluding hydrogens is 483 g/mol. The molecule has 0 bridgehead atoms. The third-order valence-corrected chi connectivity index (χ3v) is 6.73. The molecule has 4 rings (SSSR count). The number of hydrogen-bond acceptors (Lipinski definition) is 5. The van der Waals surface area contributed by atoms with E-state index >= 15 is 0 Å². The summed E-state index contributed by atoms with van der Waals surface area (Å²) >= 11 is 0. The molecular formula is C27H25FN2O5S. The number of ether oxygens (including phenoxy) is 1. The van der Waals surface area contributed by atoms with Gasteiger partial charge < -0.3 is 19.1 Å². The van der Waals surface area contributed by atoms with Crippen LogP contribution in [0, 0.1) is 5.82 Å². The van der Waals surface area contributed by atoms with Gasteiger partial charge in [0.1, 0.15) is 16.5 Å². The van der Waals surface area contributed by atoms with Crippen LogP contribution in [0.15, 0.2) is 95.9 Å². The summed E-state index contributed by atoms with van der Waals surface area (Å²) in [6, 6.07) is 23.9. The second-order valence-corrected chi connectivity index (χ2v) is 9.56. The Balaban J connectivity index is 1.52. The van der Waals surface area contributed by atoms with Crippen LogP contribution in [0.1, 0.15) is 5.56 Å². The third-order valence-electron chi connectivity index (χ3n) is 5.46. The lowest BCUT2D eigenvalue weighted by Gasteiger charge is -2.23. The van der Waals surface area contributed by atoms with Crippen molar-refractivity contribution in [2.45, 2.75) is 11.4 Å². The molecule has 186 valence electrons. The first-order valence-corrected chi connectivity index (χ1v) is 12.6. The third kappa shape index (κ3) is 6.18. The Labute approximate surface area is 209 Å². The largest absolute Gasteiger partial charge is 0.383 e. The van der Waals surface area contributed by atoms with Gasteiger partial charge in [-0.25, -0.2) is 9.18 Å². The number of urea groups is 1. The fraction of sp³-hybridized carbons (Fsp3) is 0.148. The van der Waals surface area contributed by atoms with E-state index in [2.05, 4.69) is 5.32 Å². The summed E-state index contributed by atoms with van der Waals surface area (Å²) < 4.78 is 48.7. The molecule has 0 atom stereocenters. The predicted molar refractivity (Wildman–Crippen MR) is 136 cm³/mol. The first-order chi connectivity index (χ1) is 17.4. The van der Waals surface area contributed by atoms with Crippen molar-refractivity contribution in [3.05, 3.63) is 102 Å². The van der Waals surface area contributed by atoms with E-state index < -0.39 is 15.9 Å². The maximum atomic E-state index is 13.2. The molecule has 0 saturated heterocycles. The van der Waals surface area contributed by atoms with Crippen molar-refractivity contribution < 1.29 is 26.5 Å². The molecule has 9 heteroatoms. The van der Waals surface area contributed by atoms with Crippen LogP contribution >= 0.6 is 0 Å². The second kappa shape index (κ2) is 11.2. The molecule has 0 aliphatic carbocycles. The first kappa shape index (κ1) is 25.2. The number of rotatable bonds is 9. The summed E-state index contributed by atoms with van der Waals surface area (Å²) in [5.74, 6) is -0.466. The van der Waals surface area contributed by atoms with Crippen molar-refractivity contribution >= 4 is 32.6 Å². The number of carbonyl (C=O) groups is 1. The smallest absolute Gasteiger partial charge is 0.339 e. The maximum absolute atomic E-state index is 13.2. The number of amides is 2. The Bertz CT molecular complexity index is 1450. The number of nitrogens with zero attached hydrogens (tertiary/aromatic N) is 1. The van der Waals surface area contributed by atoms with Gasteiger partial charge in [0, 0.05) is 25.6 Å². The van der Waals surface area contributed by atoms with Crippen LogP contribution in [0.2, 0.25) is 0 Å². The minimum Gasteiger partial charge on any atom is -0.383 e. The average Bonchev–Trinajstić information content (AvgIpc) is 2.87. The van der Waals surface area contributed by atoms with E-state index in [1.54, 1.807) is 30.2 Å². The Kier molecular flexibility index (Phi) is 7.82. The number of fused-ring (bicyclic) bond motifs is 1. The van der Waals surface area contributed by atoms with E-state index in [9.17, 15) is 17.6 Å². The van der Waals surface area contributed by atoms with Gasteiger partial charge in [0.05, 0.1) is 12.3 Å². The average molecular weight is 509 g/mol. The molecule has 0 aromatic heterocycles. The highest BCUT2D eigenvalue weighted by atomic mass is 32.2. The lowest BCUT2D eigenvalue weighted by molar-refractivity contribution is 0.153. The van der Waals surface area contributed by atoms with Gasteiger partial charge in [-0.15, -0.1) is 0 Å². The molecule has 0 spiro atoms. The van der Waals surface area contributed by atoms with Crippen molar-refractivity contribution in [3.63, 3.8) is 0 Å². The van der Waals surface area contributed by atoms with Gasteiger partial charge in [-0.2, -0.15) is 8.42 Å². The molecule has 0 heterocycles. The quantitative estimate of drug-likeness (QED) is 0.305. The van der Waals surface area contributed by atoms with E-state index in [0.29, 0.717) is 24.4 Å². The van der Waals surface area contributed by atoms with Crippen molar-refractivity contribution in [1.29, 1.82) is 0 Å². The highest BCUT2D eigenvalue weighted by molar-refractivity contribution is 7.87. The minimum atomic E-state index is -4.15. The standard InChI is InChI=1S/C27H25FN2O5S/c1-34-17-16-30(27(31)29-26-11-5-8-21-7-2-3-10-25(21)26)19-20-6-4-9-23(18-20)35-36(32,33)24-14-12-22(28)13-15-24/h2-15,18H,16-17,19H2,1H3,(H,29,31). The SMILES string of the molecule is COCCN(Cc1cccc(OS(=O)(=O)c2ccc(F)cc2)c1)C(=O)Nc1cccc2ccccc12. The number of methoxy groups -OCH3 is 1. The number of nitrogens with one attached hydrogen (secondary N) is 1. The molecule has 4 aromatic rings. The van der Waals surface area contributed by atoms with E-state index in [4.69, 9.17) is 8.92 Å². The number of anilines is 1. The van der Waals surface area contributed by atoms with Crippen molar-refractivity contribution in [3.8, 4) is 5.75 Å². The monoisotopic (exact) mass is 508 g/mol. The summed E-state index contributed by atoms with van der Waals surface area (Å²) in [7, 11) is -2.60. The second-order valence-electron chi connectivity index (χ2n) is 8.01. The van der Waals surface area contributed by atoms with E-state index in [1.807, 2.05) is 42.5 Å². The molecule has 36 heavy (non-hydrogen) atoms. The Morgan fingerprint density at radius 2 is 1.67 bits per heavy atom. The van der Waals surface area contributed by atoms with Crippen LogP contribution in [-0.2, 0) is 21.4 Å². The van der Waals surface area contributed by atoms with Gasteiger partial charge in [0.15, 0.2) is 0 Å². The van der Waals surface area contributed by atoms with E-state index in [-0.39, 0.29) is 23.2 Å². The van der Waals surface area contributed by atoms with E-state index in [0.717, 1.165) is 35.0 Å². The highest BCUT2D eigenvalue weighted by Crippen LogP contribution is 2.24. The zero-order chi connectivity index (χ0) is 25.5. The van der Waals surface area contributed by atoms with Crippen molar-refractivity contribution in [1.82, 2.24) is 4.90 Å². The van der Waals surface area contributed by atoms with Gasteiger partial charge in [0.2, 0.25) is 0 Å². The predicted octanol–water partition coefficient (Wildman–Crippen LogP) is 5.43. The molecule has 0 aliphatic rings. The highest BCUT2D eigenvalue weighted by Gasteiger charge is 2.19.